The normalized spacial score (nSPS) is 15.5. The van der Waals surface area contributed by atoms with Crippen LogP contribution in [0.4, 0.5) is 4.39 Å². The number of amides is 1. The highest BCUT2D eigenvalue weighted by atomic mass is 32.1. The molecule has 0 bridgehead atoms. The van der Waals surface area contributed by atoms with Crippen molar-refractivity contribution in [2.24, 2.45) is 5.92 Å². The Balaban J connectivity index is 1.51. The smallest absolute Gasteiger partial charge is 0.228 e. The number of likely N-dealkylation sites (tertiary alicyclic amines) is 1. The minimum Gasteiger partial charge on any atom is -0.342 e. The first-order valence-corrected chi connectivity index (χ1v) is 9.62. The van der Waals surface area contributed by atoms with Gasteiger partial charge in [0.15, 0.2) is 0 Å². The Bertz CT molecular complexity index is 693. The Labute approximate surface area is 152 Å². The lowest BCUT2D eigenvalue weighted by molar-refractivity contribution is -0.131. The lowest BCUT2D eigenvalue weighted by Crippen LogP contribution is -2.41. The molecule has 0 spiro atoms. The monoisotopic (exact) mass is 361 g/mol. The predicted octanol–water partition coefficient (Wildman–Crippen LogP) is 2.87. The van der Waals surface area contributed by atoms with E-state index in [0.29, 0.717) is 18.8 Å². The molecule has 1 aromatic carbocycles. The van der Waals surface area contributed by atoms with Crippen LogP contribution in [0.1, 0.15) is 29.1 Å². The Hall–Kier alpha value is -1.79. The van der Waals surface area contributed by atoms with Crippen LogP contribution in [0.2, 0.25) is 0 Å². The van der Waals surface area contributed by atoms with Gasteiger partial charge in [-0.3, -0.25) is 4.79 Å². The Morgan fingerprint density at radius 1 is 1.32 bits per heavy atom. The van der Waals surface area contributed by atoms with E-state index < -0.39 is 0 Å². The van der Waals surface area contributed by atoms with E-state index in [2.05, 4.69) is 10.3 Å². The molecule has 6 heteroatoms. The van der Waals surface area contributed by atoms with E-state index >= 15 is 0 Å². The first-order chi connectivity index (χ1) is 12.1. The Kier molecular flexibility index (Phi) is 6.15. The number of halogens is 1. The molecule has 4 nitrogen and oxygen atoms in total. The SMILES string of the molecule is CNCC1CCN(C(=O)Cc2csc(Cc3ccc(F)cc3)n2)CC1. The van der Waals surface area contributed by atoms with E-state index in [1.165, 1.54) is 12.1 Å². The molecule has 1 N–H and O–H groups in total. The van der Waals surface area contributed by atoms with Crippen LogP contribution in [0.5, 0.6) is 0 Å². The van der Waals surface area contributed by atoms with Crippen molar-refractivity contribution >= 4 is 17.2 Å². The van der Waals surface area contributed by atoms with Crippen molar-refractivity contribution in [3.05, 3.63) is 51.7 Å². The van der Waals surface area contributed by atoms with Crippen molar-refractivity contribution in [3.8, 4) is 0 Å². The average Bonchev–Trinajstić information content (AvgIpc) is 3.05. The van der Waals surface area contributed by atoms with Crippen LogP contribution in [0.25, 0.3) is 0 Å². The largest absolute Gasteiger partial charge is 0.342 e. The first kappa shape index (κ1) is 18.0. The summed E-state index contributed by atoms with van der Waals surface area (Å²) >= 11 is 1.56. The molecule has 134 valence electrons. The van der Waals surface area contributed by atoms with Crippen molar-refractivity contribution in [1.82, 2.24) is 15.2 Å². The number of carbonyl (C=O) groups is 1. The molecule has 0 radical (unpaired) electrons. The van der Waals surface area contributed by atoms with Gasteiger partial charge in [0.1, 0.15) is 5.82 Å². The summed E-state index contributed by atoms with van der Waals surface area (Å²) in [5.74, 6) is 0.616. The van der Waals surface area contributed by atoms with Crippen LogP contribution in [0.15, 0.2) is 29.6 Å². The van der Waals surface area contributed by atoms with E-state index in [1.807, 2.05) is 17.3 Å². The van der Waals surface area contributed by atoms with E-state index in [1.54, 1.807) is 23.5 Å². The predicted molar refractivity (Wildman–Crippen MR) is 98.3 cm³/mol. The summed E-state index contributed by atoms with van der Waals surface area (Å²) in [6, 6.07) is 6.48. The van der Waals surface area contributed by atoms with E-state index in [4.69, 9.17) is 0 Å². The number of piperidine rings is 1. The second-order valence-corrected chi connectivity index (χ2v) is 7.54. The maximum Gasteiger partial charge on any atom is 0.228 e. The number of carbonyl (C=O) groups excluding carboxylic acids is 1. The second-order valence-electron chi connectivity index (χ2n) is 6.59. The molecule has 0 aliphatic carbocycles. The molecule has 1 aliphatic rings. The molecule has 1 fully saturated rings. The summed E-state index contributed by atoms with van der Waals surface area (Å²) in [6.07, 6.45) is 3.18. The van der Waals surface area contributed by atoms with E-state index in [0.717, 1.165) is 48.7 Å². The average molecular weight is 361 g/mol. The summed E-state index contributed by atoms with van der Waals surface area (Å²) in [5.41, 5.74) is 1.87. The van der Waals surface area contributed by atoms with Crippen LogP contribution in [-0.2, 0) is 17.6 Å². The van der Waals surface area contributed by atoms with Crippen LogP contribution >= 0.6 is 11.3 Å². The van der Waals surface area contributed by atoms with Gasteiger partial charge in [-0.25, -0.2) is 9.37 Å². The molecular formula is C19H24FN3OS. The number of benzene rings is 1. The van der Waals surface area contributed by atoms with Crippen LogP contribution in [0, 0.1) is 11.7 Å². The molecule has 1 amide bonds. The first-order valence-electron chi connectivity index (χ1n) is 8.74. The maximum atomic E-state index is 13.0. The molecule has 0 saturated carbocycles. The van der Waals surface area contributed by atoms with Crippen LogP contribution in [0.3, 0.4) is 0 Å². The molecule has 3 rings (SSSR count). The second kappa shape index (κ2) is 8.54. The molecule has 0 atom stereocenters. The molecular weight excluding hydrogens is 337 g/mol. The highest BCUT2D eigenvalue weighted by Crippen LogP contribution is 2.19. The number of aromatic nitrogens is 1. The number of nitrogens with one attached hydrogen (secondary N) is 1. The van der Waals surface area contributed by atoms with E-state index in [9.17, 15) is 9.18 Å². The molecule has 1 aliphatic heterocycles. The molecule has 2 heterocycles. The van der Waals surface area contributed by atoms with Gasteiger partial charge in [-0.05, 0) is 50.0 Å². The minimum absolute atomic E-state index is 0.168. The standard InChI is InChI=1S/C19H24FN3OS/c1-21-12-15-6-8-23(9-7-15)19(24)11-17-13-25-18(22-17)10-14-2-4-16(20)5-3-14/h2-5,13,15,21H,6-12H2,1H3. The third kappa shape index (κ3) is 5.09. The molecule has 25 heavy (non-hydrogen) atoms. The molecule has 2 aromatic rings. The zero-order chi connectivity index (χ0) is 17.6. The number of hydrogen-bond donors (Lipinski definition) is 1. The fourth-order valence-electron chi connectivity index (χ4n) is 3.23. The van der Waals surface area contributed by atoms with Gasteiger partial charge in [0.2, 0.25) is 5.91 Å². The highest BCUT2D eigenvalue weighted by Gasteiger charge is 2.22. The number of nitrogens with zero attached hydrogens (tertiary/aromatic N) is 2. The summed E-state index contributed by atoms with van der Waals surface area (Å²) in [7, 11) is 1.98. The number of hydrogen-bond acceptors (Lipinski definition) is 4. The number of rotatable bonds is 6. The third-order valence-electron chi connectivity index (χ3n) is 4.66. The van der Waals surface area contributed by atoms with Gasteiger partial charge >= 0.3 is 0 Å². The van der Waals surface area contributed by atoms with Crippen LogP contribution < -0.4 is 5.32 Å². The summed E-state index contributed by atoms with van der Waals surface area (Å²) in [6.45, 7) is 2.72. The van der Waals surface area contributed by atoms with Gasteiger partial charge in [-0.15, -0.1) is 11.3 Å². The van der Waals surface area contributed by atoms with Crippen molar-refractivity contribution in [1.29, 1.82) is 0 Å². The van der Waals surface area contributed by atoms with E-state index in [-0.39, 0.29) is 11.7 Å². The molecule has 1 aromatic heterocycles. The lowest BCUT2D eigenvalue weighted by atomic mass is 9.96. The summed E-state index contributed by atoms with van der Waals surface area (Å²) < 4.78 is 13.0. The van der Waals surface area contributed by atoms with Gasteiger partial charge in [-0.1, -0.05) is 12.1 Å². The fourth-order valence-corrected chi connectivity index (χ4v) is 4.06. The van der Waals surface area contributed by atoms with Gasteiger partial charge in [0.25, 0.3) is 0 Å². The fraction of sp³-hybridized carbons (Fsp3) is 0.474. The van der Waals surface area contributed by atoms with Crippen molar-refractivity contribution < 1.29 is 9.18 Å². The quantitative estimate of drug-likeness (QED) is 0.861. The zero-order valence-corrected chi connectivity index (χ0v) is 15.3. The van der Waals surface area contributed by atoms with Crippen molar-refractivity contribution in [2.45, 2.75) is 25.7 Å². The van der Waals surface area contributed by atoms with Crippen molar-refractivity contribution in [3.63, 3.8) is 0 Å². The topological polar surface area (TPSA) is 45.2 Å². The van der Waals surface area contributed by atoms with Gasteiger partial charge in [-0.2, -0.15) is 0 Å². The molecule has 1 saturated heterocycles. The number of thiazole rings is 1. The summed E-state index contributed by atoms with van der Waals surface area (Å²) in [4.78, 5) is 19.0. The van der Waals surface area contributed by atoms with Crippen LogP contribution in [-0.4, -0.2) is 42.5 Å². The van der Waals surface area contributed by atoms with Crippen molar-refractivity contribution in [2.75, 3.05) is 26.7 Å². The third-order valence-corrected chi connectivity index (χ3v) is 5.56. The van der Waals surface area contributed by atoms with Gasteiger partial charge in [0, 0.05) is 24.9 Å². The highest BCUT2D eigenvalue weighted by molar-refractivity contribution is 7.09. The molecule has 0 unspecified atom stereocenters. The van der Waals surface area contributed by atoms with Gasteiger partial charge < -0.3 is 10.2 Å². The minimum atomic E-state index is -0.229. The Morgan fingerprint density at radius 3 is 2.72 bits per heavy atom. The maximum absolute atomic E-state index is 13.0. The van der Waals surface area contributed by atoms with Gasteiger partial charge in [0.05, 0.1) is 17.1 Å². The zero-order valence-electron chi connectivity index (χ0n) is 14.5. The lowest BCUT2D eigenvalue weighted by Gasteiger charge is -2.31. The summed E-state index contributed by atoms with van der Waals surface area (Å²) in [5, 5.41) is 6.14. The Morgan fingerprint density at radius 2 is 2.04 bits per heavy atom.